The van der Waals surface area contributed by atoms with Crippen LogP contribution in [0.1, 0.15) is 32.6 Å². The van der Waals surface area contributed by atoms with E-state index >= 15 is 0 Å². The zero-order valence-electron chi connectivity index (χ0n) is 7.55. The quantitative estimate of drug-likeness (QED) is 0.640. The molecule has 0 saturated heterocycles. The summed E-state index contributed by atoms with van der Waals surface area (Å²) >= 11 is 0. The third-order valence-corrected chi connectivity index (χ3v) is 2.60. The van der Waals surface area contributed by atoms with Crippen LogP contribution in [0.4, 0.5) is 0 Å². The zero-order valence-corrected chi connectivity index (χ0v) is 7.55. The zero-order chi connectivity index (χ0) is 8.39. The number of ether oxygens (including phenoxy) is 1. The Morgan fingerprint density at radius 3 is 3.08 bits per heavy atom. The van der Waals surface area contributed by atoms with Crippen molar-refractivity contribution in [2.24, 2.45) is 4.99 Å². The van der Waals surface area contributed by atoms with Crippen LogP contribution in [0, 0.1) is 0 Å². The topological polar surface area (TPSA) is 33.6 Å². The molecule has 1 fully saturated rings. The maximum Gasteiger partial charge on any atom is 0.285 e. The first-order valence-electron chi connectivity index (χ1n) is 4.87. The Balaban J connectivity index is 1.94. The van der Waals surface area contributed by atoms with Gasteiger partial charge in [0.2, 0.25) is 0 Å². The number of hydrogen-bond acceptors (Lipinski definition) is 3. The third-order valence-electron chi connectivity index (χ3n) is 2.60. The van der Waals surface area contributed by atoms with E-state index in [9.17, 15) is 0 Å². The first-order chi connectivity index (χ1) is 5.90. The van der Waals surface area contributed by atoms with Crippen molar-refractivity contribution in [2.75, 3.05) is 6.61 Å². The molecule has 3 nitrogen and oxygen atoms in total. The Labute approximate surface area is 73.2 Å². The van der Waals surface area contributed by atoms with Gasteiger partial charge in [0.05, 0.1) is 18.7 Å². The highest BCUT2D eigenvalue weighted by Gasteiger charge is 2.31. The van der Waals surface area contributed by atoms with Crippen molar-refractivity contribution < 1.29 is 4.74 Å². The monoisotopic (exact) mass is 168 g/mol. The van der Waals surface area contributed by atoms with E-state index in [-0.39, 0.29) is 0 Å². The molecule has 12 heavy (non-hydrogen) atoms. The molecule has 0 bridgehead atoms. The predicted octanol–water partition coefficient (Wildman–Crippen LogP) is 1.29. The third kappa shape index (κ3) is 1.40. The van der Waals surface area contributed by atoms with Crippen molar-refractivity contribution in [1.29, 1.82) is 0 Å². The minimum Gasteiger partial charge on any atom is -0.466 e. The first-order valence-corrected chi connectivity index (χ1v) is 4.87. The van der Waals surface area contributed by atoms with Gasteiger partial charge in [0.15, 0.2) is 0 Å². The van der Waals surface area contributed by atoms with E-state index in [1.54, 1.807) is 0 Å². The van der Waals surface area contributed by atoms with E-state index in [1.807, 2.05) is 6.92 Å². The molecule has 68 valence electrons. The highest BCUT2D eigenvalue weighted by Crippen LogP contribution is 2.24. The van der Waals surface area contributed by atoms with Crippen LogP contribution in [-0.4, -0.2) is 24.7 Å². The van der Waals surface area contributed by atoms with E-state index < -0.39 is 0 Å². The number of fused-ring (bicyclic) bond motifs is 1. The number of nitrogens with zero attached hydrogens (tertiary/aromatic N) is 1. The molecule has 0 unspecified atom stereocenters. The fourth-order valence-corrected chi connectivity index (χ4v) is 2.00. The number of nitrogens with one attached hydrogen (secondary N) is 1. The molecule has 1 N–H and O–H groups in total. The molecule has 0 aromatic carbocycles. The second-order valence-electron chi connectivity index (χ2n) is 3.47. The predicted molar refractivity (Wildman–Crippen MR) is 48.2 cm³/mol. The number of aliphatic imine (C=N–C) groups is 1. The lowest BCUT2D eigenvalue weighted by atomic mass is 9.92. The van der Waals surface area contributed by atoms with Gasteiger partial charge in [-0.25, -0.2) is 4.99 Å². The minimum absolute atomic E-state index is 0.500. The summed E-state index contributed by atoms with van der Waals surface area (Å²) < 4.78 is 5.33. The second kappa shape index (κ2) is 3.33. The summed E-state index contributed by atoms with van der Waals surface area (Å²) in [5.41, 5.74) is 0. The fourth-order valence-electron chi connectivity index (χ4n) is 2.00. The molecule has 1 aliphatic heterocycles. The van der Waals surface area contributed by atoms with E-state index in [0.717, 1.165) is 6.02 Å². The first kappa shape index (κ1) is 7.90. The van der Waals surface area contributed by atoms with Gasteiger partial charge in [0, 0.05) is 0 Å². The molecule has 1 saturated carbocycles. The molecule has 0 aromatic rings. The summed E-state index contributed by atoms with van der Waals surface area (Å²) in [6, 6.07) is 1.84. The second-order valence-corrected chi connectivity index (χ2v) is 3.47. The number of amidine groups is 1. The van der Waals surface area contributed by atoms with Crippen LogP contribution in [0.15, 0.2) is 4.99 Å². The lowest BCUT2D eigenvalue weighted by molar-refractivity contribution is 0.309. The van der Waals surface area contributed by atoms with Crippen molar-refractivity contribution in [3.63, 3.8) is 0 Å². The van der Waals surface area contributed by atoms with Crippen LogP contribution in [0.2, 0.25) is 0 Å². The highest BCUT2D eigenvalue weighted by atomic mass is 16.5. The number of rotatable bonds is 1. The van der Waals surface area contributed by atoms with Crippen molar-refractivity contribution in [3.05, 3.63) is 0 Å². The Hall–Kier alpha value is -0.730. The average molecular weight is 168 g/mol. The van der Waals surface area contributed by atoms with Gasteiger partial charge in [0.25, 0.3) is 6.02 Å². The smallest absolute Gasteiger partial charge is 0.285 e. The average Bonchev–Trinajstić information content (AvgIpc) is 2.47. The highest BCUT2D eigenvalue weighted by molar-refractivity contribution is 5.76. The van der Waals surface area contributed by atoms with Crippen molar-refractivity contribution in [3.8, 4) is 0 Å². The van der Waals surface area contributed by atoms with Crippen LogP contribution < -0.4 is 5.32 Å². The normalized spacial score (nSPS) is 33.6. The Morgan fingerprint density at radius 1 is 1.50 bits per heavy atom. The molecule has 0 aromatic heterocycles. The van der Waals surface area contributed by atoms with Gasteiger partial charge in [0.1, 0.15) is 0 Å². The maximum absolute atomic E-state index is 5.33. The number of hydrogen-bond donors (Lipinski definition) is 1. The Morgan fingerprint density at radius 2 is 2.33 bits per heavy atom. The summed E-state index contributed by atoms with van der Waals surface area (Å²) in [6.45, 7) is 2.71. The fraction of sp³-hybridized carbons (Fsp3) is 0.889. The van der Waals surface area contributed by atoms with Crippen molar-refractivity contribution in [1.82, 2.24) is 5.32 Å². The molecular weight excluding hydrogens is 152 g/mol. The van der Waals surface area contributed by atoms with Gasteiger partial charge >= 0.3 is 0 Å². The SMILES string of the molecule is CCOC1=N[C@H]2CCCC[C@H]2N1. The van der Waals surface area contributed by atoms with Crippen LogP contribution >= 0.6 is 0 Å². The van der Waals surface area contributed by atoms with Crippen LogP contribution in [0.3, 0.4) is 0 Å². The molecule has 0 radical (unpaired) electrons. The van der Waals surface area contributed by atoms with Gasteiger partial charge in [-0.3, -0.25) is 0 Å². The summed E-state index contributed by atoms with van der Waals surface area (Å²) in [5, 5.41) is 3.32. The molecule has 0 amide bonds. The Bertz CT molecular complexity index is 191. The standard InChI is InChI=1S/C9H16N2O/c1-2-12-9-10-7-5-3-4-6-8(7)11-9/h7-8H,2-6H2,1H3,(H,10,11)/t7-,8+. The lowest BCUT2D eigenvalue weighted by Crippen LogP contribution is -2.37. The summed E-state index contributed by atoms with van der Waals surface area (Å²) in [7, 11) is 0. The van der Waals surface area contributed by atoms with E-state index in [0.29, 0.717) is 18.7 Å². The van der Waals surface area contributed by atoms with E-state index in [4.69, 9.17) is 4.74 Å². The molecule has 0 spiro atoms. The van der Waals surface area contributed by atoms with Gasteiger partial charge in [-0.1, -0.05) is 12.8 Å². The van der Waals surface area contributed by atoms with Gasteiger partial charge < -0.3 is 10.1 Å². The minimum atomic E-state index is 0.500. The Kier molecular flexibility index (Phi) is 2.19. The summed E-state index contributed by atoms with van der Waals surface area (Å²) in [6.07, 6.45) is 5.15. The lowest BCUT2D eigenvalue weighted by Gasteiger charge is -2.22. The van der Waals surface area contributed by atoms with Crippen LogP contribution in [0.25, 0.3) is 0 Å². The molecule has 2 rings (SSSR count). The van der Waals surface area contributed by atoms with Crippen molar-refractivity contribution in [2.45, 2.75) is 44.7 Å². The van der Waals surface area contributed by atoms with Crippen molar-refractivity contribution >= 4 is 6.02 Å². The van der Waals surface area contributed by atoms with Gasteiger partial charge in [-0.15, -0.1) is 0 Å². The summed E-state index contributed by atoms with van der Waals surface area (Å²) in [4.78, 5) is 4.48. The van der Waals surface area contributed by atoms with Gasteiger partial charge in [-0.05, 0) is 19.8 Å². The van der Waals surface area contributed by atoms with E-state index in [1.165, 1.54) is 25.7 Å². The largest absolute Gasteiger partial charge is 0.466 e. The van der Waals surface area contributed by atoms with Crippen LogP contribution in [-0.2, 0) is 4.74 Å². The molecule has 2 aliphatic rings. The molecular formula is C9H16N2O. The van der Waals surface area contributed by atoms with E-state index in [2.05, 4.69) is 10.3 Å². The maximum atomic E-state index is 5.33. The molecule has 2 atom stereocenters. The van der Waals surface area contributed by atoms with Gasteiger partial charge in [-0.2, -0.15) is 0 Å². The molecule has 1 heterocycles. The molecule has 3 heteroatoms. The summed E-state index contributed by atoms with van der Waals surface area (Å²) in [5.74, 6) is 0. The van der Waals surface area contributed by atoms with Crippen LogP contribution in [0.5, 0.6) is 0 Å². The molecule has 1 aliphatic carbocycles.